The number of carboxylic acid groups (broad SMARTS) is 1. The standard InChI is InChI=1S/C16H26N2O3/c1-6-13(7-2)11(4)18-12(5)14(8-9-15(19)20)10(3)17-16(18)21/h11,13H,6-9H2,1-5H3,(H,19,20). The number of carbonyl (C=O) groups is 1. The molecule has 1 rings (SSSR count). The highest BCUT2D eigenvalue weighted by Crippen LogP contribution is 2.25. The van der Waals surface area contributed by atoms with Gasteiger partial charge in [-0.1, -0.05) is 26.7 Å². The number of carboxylic acids is 1. The summed E-state index contributed by atoms with van der Waals surface area (Å²) in [7, 11) is 0. The zero-order valence-corrected chi connectivity index (χ0v) is 13.6. The molecule has 1 N–H and O–H groups in total. The van der Waals surface area contributed by atoms with E-state index in [4.69, 9.17) is 5.11 Å². The van der Waals surface area contributed by atoms with E-state index in [1.807, 2.05) is 13.8 Å². The van der Waals surface area contributed by atoms with Gasteiger partial charge in [-0.2, -0.15) is 4.98 Å². The molecule has 0 aliphatic rings. The first kappa shape index (κ1) is 17.4. The van der Waals surface area contributed by atoms with E-state index in [-0.39, 0.29) is 18.2 Å². The van der Waals surface area contributed by atoms with Gasteiger partial charge in [0.1, 0.15) is 0 Å². The van der Waals surface area contributed by atoms with E-state index in [0.29, 0.717) is 18.0 Å². The average Bonchev–Trinajstić information content (AvgIpc) is 2.38. The molecule has 0 fully saturated rings. The molecular formula is C16H26N2O3. The van der Waals surface area contributed by atoms with Gasteiger partial charge < -0.3 is 5.11 Å². The van der Waals surface area contributed by atoms with Gasteiger partial charge in [-0.05, 0) is 38.7 Å². The Morgan fingerprint density at radius 2 is 1.86 bits per heavy atom. The molecule has 1 unspecified atom stereocenters. The van der Waals surface area contributed by atoms with Crippen LogP contribution in [-0.4, -0.2) is 20.6 Å². The van der Waals surface area contributed by atoms with Gasteiger partial charge in [0.25, 0.3) is 0 Å². The maximum atomic E-state index is 12.3. The average molecular weight is 294 g/mol. The first-order valence-electron chi connectivity index (χ1n) is 7.63. The van der Waals surface area contributed by atoms with Crippen LogP contribution in [0.25, 0.3) is 0 Å². The summed E-state index contributed by atoms with van der Waals surface area (Å²) >= 11 is 0. The quantitative estimate of drug-likeness (QED) is 0.839. The summed E-state index contributed by atoms with van der Waals surface area (Å²) < 4.78 is 1.74. The molecule has 118 valence electrons. The summed E-state index contributed by atoms with van der Waals surface area (Å²) in [5.74, 6) is -0.419. The van der Waals surface area contributed by atoms with Crippen molar-refractivity contribution in [3.05, 3.63) is 27.4 Å². The molecule has 1 aromatic rings. The van der Waals surface area contributed by atoms with E-state index < -0.39 is 5.97 Å². The fraction of sp³-hybridized carbons (Fsp3) is 0.688. The highest BCUT2D eigenvalue weighted by molar-refractivity contribution is 5.67. The second kappa shape index (κ2) is 7.38. The maximum Gasteiger partial charge on any atom is 0.348 e. The Bertz CT molecular complexity index is 559. The Kier molecular flexibility index (Phi) is 6.12. The summed E-state index contributed by atoms with van der Waals surface area (Å²) in [6.45, 7) is 9.96. The molecule has 5 heteroatoms. The number of hydrogen-bond donors (Lipinski definition) is 1. The Hall–Kier alpha value is -1.65. The molecule has 0 aromatic carbocycles. The SMILES string of the molecule is CCC(CC)C(C)n1c(C)c(CCC(=O)O)c(C)nc1=O. The maximum absolute atomic E-state index is 12.3. The van der Waals surface area contributed by atoms with Gasteiger partial charge in [0, 0.05) is 23.9 Å². The summed E-state index contributed by atoms with van der Waals surface area (Å²) in [4.78, 5) is 27.2. The van der Waals surface area contributed by atoms with Crippen molar-refractivity contribution in [1.29, 1.82) is 0 Å². The second-order valence-corrected chi connectivity index (χ2v) is 5.62. The molecule has 0 aliphatic carbocycles. The number of aryl methyl sites for hydroxylation is 1. The molecule has 0 bridgehead atoms. The van der Waals surface area contributed by atoms with E-state index in [2.05, 4.69) is 18.8 Å². The van der Waals surface area contributed by atoms with Crippen LogP contribution < -0.4 is 5.69 Å². The zero-order chi connectivity index (χ0) is 16.2. The van der Waals surface area contributed by atoms with Crippen LogP contribution in [0.3, 0.4) is 0 Å². The highest BCUT2D eigenvalue weighted by Gasteiger charge is 2.21. The number of aromatic nitrogens is 2. The Morgan fingerprint density at radius 3 is 2.33 bits per heavy atom. The van der Waals surface area contributed by atoms with Crippen LogP contribution in [-0.2, 0) is 11.2 Å². The van der Waals surface area contributed by atoms with Crippen molar-refractivity contribution in [2.75, 3.05) is 0 Å². The summed E-state index contributed by atoms with van der Waals surface area (Å²) in [6.07, 6.45) is 2.47. The van der Waals surface area contributed by atoms with Crippen molar-refractivity contribution >= 4 is 5.97 Å². The van der Waals surface area contributed by atoms with Gasteiger partial charge in [0.15, 0.2) is 0 Å². The number of nitrogens with zero attached hydrogens (tertiary/aromatic N) is 2. The summed E-state index contributed by atoms with van der Waals surface area (Å²) in [5.41, 5.74) is 2.15. The predicted molar refractivity (Wildman–Crippen MR) is 82.7 cm³/mol. The largest absolute Gasteiger partial charge is 0.481 e. The molecule has 21 heavy (non-hydrogen) atoms. The van der Waals surface area contributed by atoms with E-state index in [9.17, 15) is 9.59 Å². The van der Waals surface area contributed by atoms with Crippen molar-refractivity contribution < 1.29 is 9.90 Å². The summed E-state index contributed by atoms with van der Waals surface area (Å²) in [5, 5.41) is 8.87. The fourth-order valence-electron chi connectivity index (χ4n) is 3.07. The fourth-order valence-corrected chi connectivity index (χ4v) is 3.07. The normalized spacial score (nSPS) is 12.7. The van der Waals surface area contributed by atoms with Gasteiger partial charge in [-0.15, -0.1) is 0 Å². The summed E-state index contributed by atoms with van der Waals surface area (Å²) in [6, 6.07) is 0.0733. The topological polar surface area (TPSA) is 72.2 Å². The lowest BCUT2D eigenvalue weighted by Crippen LogP contribution is -2.33. The van der Waals surface area contributed by atoms with E-state index in [1.54, 1.807) is 11.5 Å². The molecule has 0 saturated carbocycles. The highest BCUT2D eigenvalue weighted by atomic mass is 16.4. The van der Waals surface area contributed by atoms with Gasteiger partial charge in [-0.3, -0.25) is 9.36 Å². The number of rotatable bonds is 7. The third kappa shape index (κ3) is 3.93. The lowest BCUT2D eigenvalue weighted by molar-refractivity contribution is -0.136. The molecule has 0 saturated heterocycles. The van der Waals surface area contributed by atoms with Crippen LogP contribution in [0, 0.1) is 19.8 Å². The molecule has 1 heterocycles. The minimum atomic E-state index is -0.834. The Labute approximate surface area is 126 Å². The molecule has 1 aromatic heterocycles. The minimum Gasteiger partial charge on any atom is -0.481 e. The molecule has 0 radical (unpaired) electrons. The van der Waals surface area contributed by atoms with E-state index >= 15 is 0 Å². The third-order valence-electron chi connectivity index (χ3n) is 4.43. The first-order valence-corrected chi connectivity index (χ1v) is 7.63. The molecule has 0 aliphatic heterocycles. The lowest BCUT2D eigenvalue weighted by atomic mass is 9.94. The molecular weight excluding hydrogens is 268 g/mol. The Balaban J connectivity index is 3.29. The van der Waals surface area contributed by atoms with Gasteiger partial charge in [0.2, 0.25) is 0 Å². The van der Waals surface area contributed by atoms with E-state index in [0.717, 1.165) is 24.1 Å². The monoisotopic (exact) mass is 294 g/mol. The minimum absolute atomic E-state index is 0.0565. The molecule has 1 atom stereocenters. The van der Waals surface area contributed by atoms with Gasteiger partial charge >= 0.3 is 11.7 Å². The third-order valence-corrected chi connectivity index (χ3v) is 4.43. The Morgan fingerprint density at radius 1 is 1.29 bits per heavy atom. The molecule has 0 spiro atoms. The van der Waals surface area contributed by atoms with Crippen LogP contribution in [0.4, 0.5) is 0 Å². The van der Waals surface area contributed by atoms with E-state index in [1.165, 1.54) is 0 Å². The van der Waals surface area contributed by atoms with Crippen LogP contribution in [0.2, 0.25) is 0 Å². The van der Waals surface area contributed by atoms with Crippen LogP contribution >= 0.6 is 0 Å². The zero-order valence-electron chi connectivity index (χ0n) is 13.6. The van der Waals surface area contributed by atoms with Crippen molar-refractivity contribution in [1.82, 2.24) is 9.55 Å². The smallest absolute Gasteiger partial charge is 0.348 e. The van der Waals surface area contributed by atoms with Gasteiger partial charge in [-0.25, -0.2) is 4.79 Å². The molecule has 5 nitrogen and oxygen atoms in total. The lowest BCUT2D eigenvalue weighted by Gasteiger charge is -2.26. The predicted octanol–water partition coefficient (Wildman–Crippen LogP) is 2.87. The second-order valence-electron chi connectivity index (χ2n) is 5.62. The van der Waals surface area contributed by atoms with Crippen molar-refractivity contribution in [2.45, 2.75) is 66.3 Å². The van der Waals surface area contributed by atoms with Crippen LogP contribution in [0.1, 0.15) is 63.0 Å². The van der Waals surface area contributed by atoms with Crippen molar-refractivity contribution in [3.8, 4) is 0 Å². The van der Waals surface area contributed by atoms with Gasteiger partial charge in [0.05, 0.1) is 0 Å². The number of hydrogen-bond acceptors (Lipinski definition) is 3. The number of aliphatic carboxylic acids is 1. The van der Waals surface area contributed by atoms with Crippen LogP contribution in [0.15, 0.2) is 4.79 Å². The first-order chi connectivity index (χ1) is 9.83. The molecule has 0 amide bonds. The van der Waals surface area contributed by atoms with Crippen molar-refractivity contribution in [2.24, 2.45) is 5.92 Å². The van der Waals surface area contributed by atoms with Crippen LogP contribution in [0.5, 0.6) is 0 Å². The van der Waals surface area contributed by atoms with Crippen molar-refractivity contribution in [3.63, 3.8) is 0 Å².